The van der Waals surface area contributed by atoms with Crippen LogP contribution in [0.1, 0.15) is 126 Å². The number of hydrogen-bond donors (Lipinski definition) is 2. The lowest BCUT2D eigenvalue weighted by Gasteiger charge is -2.42. The maximum atomic E-state index is 7.42. The molecule has 13 rings (SSSR count). The number of benzene rings is 2. The second-order valence-corrected chi connectivity index (χ2v) is 22.3. The molecule has 0 amide bonds. The average molecular weight is 926 g/mol. The van der Waals surface area contributed by atoms with Crippen molar-refractivity contribution in [1.82, 2.24) is 15.2 Å². The molecule has 7 aliphatic carbocycles. The van der Waals surface area contributed by atoms with Crippen LogP contribution in [0.2, 0.25) is 0 Å². The van der Waals surface area contributed by atoms with E-state index in [9.17, 15) is 0 Å². The number of nitrogens with zero attached hydrogens (tertiary/aromatic N) is 3. The molecule has 1 fully saturated rings. The van der Waals surface area contributed by atoms with Gasteiger partial charge in [0.2, 0.25) is 0 Å². The lowest BCUT2D eigenvalue weighted by atomic mass is 9.66. The Balaban J connectivity index is 0.934. The molecular formula is C64H71N5O. The van der Waals surface area contributed by atoms with E-state index >= 15 is 0 Å². The molecule has 0 saturated heterocycles. The smallest absolute Gasteiger partial charge is 0.157 e. The number of para-hydroxylation sites is 1. The summed E-state index contributed by atoms with van der Waals surface area (Å²) in [5.74, 6) is 6.64. The minimum Gasteiger partial charge on any atom is -0.489 e. The quantitative estimate of drug-likeness (QED) is 0.221. The Bertz CT molecular complexity index is 2940. The van der Waals surface area contributed by atoms with Gasteiger partial charge in [-0.05, 0) is 111 Å². The number of hydrogen-bond acceptors (Lipinski definition) is 5. The van der Waals surface area contributed by atoms with Crippen molar-refractivity contribution in [3.05, 3.63) is 184 Å². The lowest BCUT2D eigenvalue weighted by molar-refractivity contribution is 0.148. The Labute approximate surface area is 416 Å². The first kappa shape index (κ1) is 44.1. The summed E-state index contributed by atoms with van der Waals surface area (Å²) in [6, 6.07) is 20.3. The van der Waals surface area contributed by atoms with Gasteiger partial charge in [0.05, 0.1) is 6.04 Å². The zero-order valence-electron chi connectivity index (χ0n) is 41.4. The first-order valence-corrected chi connectivity index (χ1v) is 27.5. The number of fused-ring (bicyclic) bond motifs is 6. The number of nitrogens with one attached hydrogen (secondary N) is 2. The molecule has 4 heterocycles. The SMILES string of the molecule is CC1CCCCC1C1C=C(C2CNC(C3=CC=CC4C5=C(CCc6c5c5ccccc5n6C5C=CC=CC5)OC34)=C(C3=NC(c4ccccc4)NC(C4CC=CCC4)=N3)C2C)C=C(C2C=CCCC2)C1. The molecule has 11 atom stereocenters. The molecule has 1 saturated carbocycles. The van der Waals surface area contributed by atoms with E-state index in [2.05, 4.69) is 163 Å². The van der Waals surface area contributed by atoms with Crippen molar-refractivity contribution in [2.75, 3.05) is 6.54 Å². The molecule has 358 valence electrons. The molecule has 6 nitrogen and oxygen atoms in total. The number of ether oxygens (including phenoxy) is 1. The fourth-order valence-electron chi connectivity index (χ4n) is 14.7. The van der Waals surface area contributed by atoms with E-state index in [4.69, 9.17) is 14.7 Å². The highest BCUT2D eigenvalue weighted by molar-refractivity contribution is 6.09. The normalized spacial score (nSPS) is 33.5. The maximum Gasteiger partial charge on any atom is 0.157 e. The van der Waals surface area contributed by atoms with Crippen molar-refractivity contribution in [1.29, 1.82) is 0 Å². The second kappa shape index (κ2) is 18.7. The van der Waals surface area contributed by atoms with Crippen LogP contribution in [0.5, 0.6) is 0 Å². The summed E-state index contributed by atoms with van der Waals surface area (Å²) in [7, 11) is 0. The first-order chi connectivity index (χ1) is 34.6. The van der Waals surface area contributed by atoms with Crippen LogP contribution in [0.25, 0.3) is 16.5 Å². The summed E-state index contributed by atoms with van der Waals surface area (Å²) >= 11 is 0. The highest BCUT2D eigenvalue weighted by Gasteiger charge is 2.47. The van der Waals surface area contributed by atoms with E-state index in [1.165, 1.54) is 113 Å². The van der Waals surface area contributed by atoms with E-state index < -0.39 is 0 Å². The zero-order chi connectivity index (χ0) is 46.7. The minimum atomic E-state index is -0.221. The predicted molar refractivity (Wildman–Crippen MR) is 288 cm³/mol. The molecule has 0 spiro atoms. The molecule has 3 aromatic rings. The van der Waals surface area contributed by atoms with Crippen molar-refractivity contribution in [2.45, 2.75) is 122 Å². The highest BCUT2D eigenvalue weighted by atomic mass is 16.5. The zero-order valence-corrected chi connectivity index (χ0v) is 41.4. The van der Waals surface area contributed by atoms with Crippen LogP contribution in [0, 0.1) is 47.3 Å². The van der Waals surface area contributed by atoms with Crippen molar-refractivity contribution in [3.8, 4) is 0 Å². The Morgan fingerprint density at radius 3 is 2.53 bits per heavy atom. The fourth-order valence-corrected chi connectivity index (χ4v) is 14.7. The molecular weight excluding hydrogens is 855 g/mol. The summed E-state index contributed by atoms with van der Waals surface area (Å²) < 4.78 is 10.1. The molecule has 0 bridgehead atoms. The van der Waals surface area contributed by atoms with E-state index in [1.807, 2.05) is 0 Å². The van der Waals surface area contributed by atoms with Gasteiger partial charge in [-0.15, -0.1) is 0 Å². The van der Waals surface area contributed by atoms with Crippen molar-refractivity contribution < 1.29 is 4.74 Å². The van der Waals surface area contributed by atoms with E-state index in [0.717, 1.165) is 68.6 Å². The van der Waals surface area contributed by atoms with Gasteiger partial charge in [-0.25, -0.2) is 9.98 Å². The number of amidine groups is 2. The molecule has 11 unspecified atom stereocenters. The molecule has 1 aromatic heterocycles. The maximum absolute atomic E-state index is 7.42. The van der Waals surface area contributed by atoms with Gasteiger partial charge in [0, 0.05) is 75.3 Å². The lowest BCUT2D eigenvalue weighted by Crippen LogP contribution is -2.44. The summed E-state index contributed by atoms with van der Waals surface area (Å²) in [6.45, 7) is 5.92. The Morgan fingerprint density at radius 2 is 1.69 bits per heavy atom. The first-order valence-electron chi connectivity index (χ1n) is 27.5. The summed E-state index contributed by atoms with van der Waals surface area (Å²) in [6.07, 6.45) is 47.6. The third-order valence-corrected chi connectivity index (χ3v) is 18.3. The van der Waals surface area contributed by atoms with Crippen molar-refractivity contribution >= 4 is 28.1 Å². The standard InChI is InChI=1S/C64H71N5O/c1-40-20-15-16-29-49(40)46-36-45(42-21-7-3-8-22-42)37-47(38-46)53-39-65-60(57(41(53)2)64-67-62(43-23-9-4-10-24-43)66-63(68-64)44-25-11-5-12-26-44)52-32-19-31-51-59-56(70-61(51)52)35-34-55-58(59)50-30-17-18-33-54(50)69(55)48-27-13-6-14-28-48/h4-7,9-11,13-14,17-19,21,23-24,27,30-33,37-38,40-42,44,46,48-49,51,53,61-62,65H,3,8,12,15-16,20,22,25-26,28-29,34-36,39H2,1-2H3,(H,66,67,68). The number of rotatable bonds is 8. The van der Waals surface area contributed by atoms with Crippen LogP contribution in [0.4, 0.5) is 0 Å². The van der Waals surface area contributed by atoms with Crippen LogP contribution in [-0.4, -0.2) is 28.9 Å². The van der Waals surface area contributed by atoms with Gasteiger partial charge in [0.1, 0.15) is 23.9 Å². The highest BCUT2D eigenvalue weighted by Crippen LogP contribution is 2.54. The second-order valence-electron chi connectivity index (χ2n) is 22.3. The monoisotopic (exact) mass is 926 g/mol. The van der Waals surface area contributed by atoms with Gasteiger partial charge in [-0.3, -0.25) is 0 Å². The van der Waals surface area contributed by atoms with Crippen LogP contribution in [0.15, 0.2) is 177 Å². The van der Waals surface area contributed by atoms with Gasteiger partial charge in [0.25, 0.3) is 0 Å². The van der Waals surface area contributed by atoms with E-state index in [0.29, 0.717) is 23.8 Å². The average Bonchev–Trinajstić information content (AvgIpc) is 3.98. The molecule has 70 heavy (non-hydrogen) atoms. The van der Waals surface area contributed by atoms with Gasteiger partial charge < -0.3 is 19.9 Å². The van der Waals surface area contributed by atoms with Crippen LogP contribution in [0.3, 0.4) is 0 Å². The number of aromatic nitrogens is 1. The van der Waals surface area contributed by atoms with Gasteiger partial charge in [0.15, 0.2) is 5.84 Å². The molecule has 6 heteroatoms. The Hall–Kier alpha value is -5.88. The summed E-state index contributed by atoms with van der Waals surface area (Å²) in [5, 5.41) is 9.49. The fraction of sp³-hybridized carbons (Fsp3) is 0.438. The minimum absolute atomic E-state index is 0.104. The third kappa shape index (κ3) is 7.83. The molecule has 0 radical (unpaired) electrons. The topological polar surface area (TPSA) is 62.9 Å². The van der Waals surface area contributed by atoms with E-state index in [1.54, 1.807) is 5.57 Å². The van der Waals surface area contributed by atoms with Gasteiger partial charge in [-0.2, -0.15) is 0 Å². The molecule has 3 aliphatic heterocycles. The van der Waals surface area contributed by atoms with Crippen LogP contribution in [-0.2, 0) is 11.2 Å². The van der Waals surface area contributed by atoms with E-state index in [-0.39, 0.29) is 30.0 Å². The van der Waals surface area contributed by atoms with Crippen LogP contribution < -0.4 is 10.6 Å². The van der Waals surface area contributed by atoms with Crippen molar-refractivity contribution in [3.63, 3.8) is 0 Å². The largest absolute Gasteiger partial charge is 0.489 e. The third-order valence-electron chi connectivity index (χ3n) is 18.3. The van der Waals surface area contributed by atoms with Crippen LogP contribution >= 0.6 is 0 Å². The number of aliphatic imine (C=N–C) groups is 2. The summed E-state index contributed by atoms with van der Waals surface area (Å²) in [4.78, 5) is 11.4. The van der Waals surface area contributed by atoms with Crippen molar-refractivity contribution in [2.24, 2.45) is 57.3 Å². The summed E-state index contributed by atoms with van der Waals surface area (Å²) in [5.41, 5.74) is 13.6. The Kier molecular flexibility index (Phi) is 11.8. The number of allylic oxidation sites excluding steroid dienone is 14. The molecule has 10 aliphatic rings. The molecule has 2 aromatic carbocycles. The predicted octanol–water partition coefficient (Wildman–Crippen LogP) is 14.5. The Morgan fingerprint density at radius 1 is 0.786 bits per heavy atom. The van der Waals surface area contributed by atoms with Gasteiger partial charge >= 0.3 is 0 Å². The molecule has 2 N–H and O–H groups in total. The van der Waals surface area contributed by atoms with Gasteiger partial charge in [-0.1, -0.05) is 166 Å².